The summed E-state index contributed by atoms with van der Waals surface area (Å²) in [5.41, 5.74) is 2.57. The van der Waals surface area contributed by atoms with Crippen LogP contribution in [-0.2, 0) is 0 Å². The SMILES string of the molecule is C[C@H]1[C@@H](c2ccccc2)N(C)[C@@H](c2ccccc2)C[C@@H]1O. The summed E-state index contributed by atoms with van der Waals surface area (Å²) < 4.78 is 0. The fraction of sp³-hybridized carbons (Fsp3) is 0.368. The summed E-state index contributed by atoms with van der Waals surface area (Å²) in [7, 11) is 2.18. The lowest BCUT2D eigenvalue weighted by atomic mass is 9.79. The Hall–Kier alpha value is -1.64. The van der Waals surface area contributed by atoms with Crippen LogP contribution in [0.2, 0.25) is 0 Å². The van der Waals surface area contributed by atoms with E-state index < -0.39 is 0 Å². The molecule has 3 rings (SSSR count). The number of piperidine rings is 1. The van der Waals surface area contributed by atoms with E-state index in [2.05, 4.69) is 67.4 Å². The summed E-state index contributed by atoms with van der Waals surface area (Å²) in [6, 6.07) is 21.6. The lowest BCUT2D eigenvalue weighted by Gasteiger charge is -2.46. The molecule has 1 aliphatic heterocycles. The Morgan fingerprint density at radius 2 is 1.43 bits per heavy atom. The predicted octanol–water partition coefficient (Wildman–Crippen LogP) is 3.80. The normalized spacial score (nSPS) is 30.2. The molecule has 1 aliphatic rings. The first-order chi connectivity index (χ1) is 10.2. The van der Waals surface area contributed by atoms with Crippen molar-refractivity contribution in [3.8, 4) is 0 Å². The van der Waals surface area contributed by atoms with Crippen LogP contribution in [0, 0.1) is 5.92 Å². The van der Waals surface area contributed by atoms with Gasteiger partial charge in [0.1, 0.15) is 0 Å². The lowest BCUT2D eigenvalue weighted by molar-refractivity contribution is -0.0328. The summed E-state index contributed by atoms with van der Waals surface area (Å²) in [5, 5.41) is 10.5. The number of likely N-dealkylation sites (tertiary alicyclic amines) is 1. The molecule has 2 heteroatoms. The van der Waals surface area contributed by atoms with Crippen molar-refractivity contribution in [1.29, 1.82) is 0 Å². The minimum absolute atomic E-state index is 0.234. The van der Waals surface area contributed by atoms with Crippen molar-refractivity contribution in [2.45, 2.75) is 31.5 Å². The van der Waals surface area contributed by atoms with Gasteiger partial charge in [-0.25, -0.2) is 0 Å². The molecular weight excluding hydrogens is 258 g/mol. The molecule has 0 radical (unpaired) electrons. The molecule has 1 N–H and O–H groups in total. The smallest absolute Gasteiger partial charge is 0.0602 e. The minimum atomic E-state index is -0.267. The monoisotopic (exact) mass is 281 g/mol. The van der Waals surface area contributed by atoms with E-state index in [1.54, 1.807) is 0 Å². The molecule has 1 saturated heterocycles. The molecule has 0 unspecified atom stereocenters. The molecule has 110 valence electrons. The second kappa shape index (κ2) is 6.00. The highest BCUT2D eigenvalue weighted by atomic mass is 16.3. The van der Waals surface area contributed by atoms with Crippen molar-refractivity contribution in [1.82, 2.24) is 4.90 Å². The third kappa shape index (κ3) is 2.74. The maximum atomic E-state index is 10.5. The van der Waals surface area contributed by atoms with E-state index in [0.29, 0.717) is 0 Å². The zero-order valence-corrected chi connectivity index (χ0v) is 12.7. The van der Waals surface area contributed by atoms with Crippen molar-refractivity contribution in [3.05, 3.63) is 71.8 Å². The molecule has 2 nitrogen and oxygen atoms in total. The van der Waals surface area contributed by atoms with Crippen molar-refractivity contribution < 1.29 is 5.11 Å². The van der Waals surface area contributed by atoms with Crippen LogP contribution >= 0.6 is 0 Å². The third-order valence-corrected chi connectivity index (χ3v) is 4.83. The van der Waals surface area contributed by atoms with Crippen LogP contribution in [-0.4, -0.2) is 23.2 Å². The van der Waals surface area contributed by atoms with Gasteiger partial charge in [0.2, 0.25) is 0 Å². The van der Waals surface area contributed by atoms with E-state index in [0.717, 1.165) is 6.42 Å². The fourth-order valence-electron chi connectivity index (χ4n) is 3.62. The molecule has 4 atom stereocenters. The Balaban J connectivity index is 1.96. The third-order valence-electron chi connectivity index (χ3n) is 4.83. The Morgan fingerprint density at radius 3 is 2.00 bits per heavy atom. The number of aliphatic hydroxyl groups is 1. The Bertz CT molecular complexity index is 569. The quantitative estimate of drug-likeness (QED) is 0.905. The van der Waals surface area contributed by atoms with Gasteiger partial charge in [-0.1, -0.05) is 67.6 Å². The van der Waals surface area contributed by atoms with Crippen LogP contribution < -0.4 is 0 Å². The van der Waals surface area contributed by atoms with Crippen LogP contribution in [0.5, 0.6) is 0 Å². The first-order valence-electron chi connectivity index (χ1n) is 7.68. The summed E-state index contributed by atoms with van der Waals surface area (Å²) in [4.78, 5) is 2.42. The van der Waals surface area contributed by atoms with Crippen LogP contribution in [0.1, 0.15) is 36.6 Å². The number of aliphatic hydroxyl groups excluding tert-OH is 1. The summed E-state index contributed by atoms with van der Waals surface area (Å²) in [6.45, 7) is 2.15. The van der Waals surface area contributed by atoms with E-state index in [9.17, 15) is 5.11 Å². The molecule has 0 aliphatic carbocycles. The van der Waals surface area contributed by atoms with Gasteiger partial charge >= 0.3 is 0 Å². The molecule has 2 aromatic rings. The number of benzene rings is 2. The van der Waals surface area contributed by atoms with Crippen LogP contribution in [0.15, 0.2) is 60.7 Å². The van der Waals surface area contributed by atoms with Gasteiger partial charge in [-0.3, -0.25) is 4.90 Å². The summed E-state index contributed by atoms with van der Waals surface area (Å²) >= 11 is 0. The fourth-order valence-corrected chi connectivity index (χ4v) is 3.62. The predicted molar refractivity (Wildman–Crippen MR) is 85.9 cm³/mol. The van der Waals surface area contributed by atoms with E-state index in [1.807, 2.05) is 12.1 Å². The molecule has 1 fully saturated rings. The standard InChI is InChI=1S/C19H23NO/c1-14-18(21)13-17(15-9-5-3-6-10-15)20(2)19(14)16-11-7-4-8-12-16/h3-12,14,17-19,21H,13H2,1-2H3/t14-,17-,18+,19+/m1/s1. The van der Waals surface area contributed by atoms with Gasteiger partial charge in [-0.2, -0.15) is 0 Å². The molecule has 0 spiro atoms. The Labute approximate surface area is 127 Å². The summed E-state index contributed by atoms with van der Waals surface area (Å²) in [5.74, 6) is 0.234. The van der Waals surface area contributed by atoms with Crippen molar-refractivity contribution in [2.24, 2.45) is 5.92 Å². The highest BCUT2D eigenvalue weighted by Gasteiger charge is 2.39. The zero-order valence-electron chi connectivity index (χ0n) is 12.7. The van der Waals surface area contributed by atoms with Crippen LogP contribution in [0.3, 0.4) is 0 Å². The van der Waals surface area contributed by atoms with E-state index in [1.165, 1.54) is 11.1 Å². The number of hydrogen-bond acceptors (Lipinski definition) is 2. The number of nitrogens with zero attached hydrogens (tertiary/aromatic N) is 1. The van der Waals surface area contributed by atoms with Gasteiger partial charge in [0.15, 0.2) is 0 Å². The highest BCUT2D eigenvalue weighted by Crippen LogP contribution is 2.43. The van der Waals surface area contributed by atoms with Gasteiger partial charge in [0.25, 0.3) is 0 Å². The van der Waals surface area contributed by atoms with Crippen LogP contribution in [0.4, 0.5) is 0 Å². The Morgan fingerprint density at radius 1 is 0.905 bits per heavy atom. The highest BCUT2D eigenvalue weighted by molar-refractivity contribution is 5.25. The van der Waals surface area contributed by atoms with E-state index in [4.69, 9.17) is 0 Å². The average molecular weight is 281 g/mol. The maximum Gasteiger partial charge on any atom is 0.0602 e. The first-order valence-corrected chi connectivity index (χ1v) is 7.68. The first kappa shape index (κ1) is 14.3. The molecule has 2 aromatic carbocycles. The molecular formula is C19H23NO. The van der Waals surface area contributed by atoms with E-state index >= 15 is 0 Å². The van der Waals surface area contributed by atoms with Crippen molar-refractivity contribution in [2.75, 3.05) is 7.05 Å². The summed E-state index contributed by atoms with van der Waals surface area (Å²) in [6.07, 6.45) is 0.530. The molecule has 1 heterocycles. The molecule has 21 heavy (non-hydrogen) atoms. The number of rotatable bonds is 2. The zero-order chi connectivity index (χ0) is 14.8. The molecule has 0 aromatic heterocycles. The van der Waals surface area contributed by atoms with Gasteiger partial charge in [0.05, 0.1) is 6.10 Å². The average Bonchev–Trinajstić information content (AvgIpc) is 2.53. The molecule has 0 bridgehead atoms. The van der Waals surface area contributed by atoms with Gasteiger partial charge in [-0.05, 0) is 24.6 Å². The van der Waals surface area contributed by atoms with E-state index in [-0.39, 0.29) is 24.1 Å². The number of hydrogen-bond donors (Lipinski definition) is 1. The second-order valence-electron chi connectivity index (χ2n) is 6.11. The lowest BCUT2D eigenvalue weighted by Crippen LogP contribution is -2.44. The van der Waals surface area contributed by atoms with Gasteiger partial charge in [-0.15, -0.1) is 0 Å². The molecule has 0 saturated carbocycles. The minimum Gasteiger partial charge on any atom is -0.393 e. The van der Waals surface area contributed by atoms with Crippen molar-refractivity contribution >= 4 is 0 Å². The van der Waals surface area contributed by atoms with Crippen LogP contribution in [0.25, 0.3) is 0 Å². The maximum absolute atomic E-state index is 10.5. The topological polar surface area (TPSA) is 23.5 Å². The van der Waals surface area contributed by atoms with Gasteiger partial charge in [0, 0.05) is 18.0 Å². The van der Waals surface area contributed by atoms with Gasteiger partial charge < -0.3 is 5.11 Å². The largest absolute Gasteiger partial charge is 0.393 e. The van der Waals surface area contributed by atoms with Crippen molar-refractivity contribution in [3.63, 3.8) is 0 Å². The second-order valence-corrected chi connectivity index (χ2v) is 6.11. The molecule has 0 amide bonds. The Kier molecular flexibility index (Phi) is 4.09.